The Morgan fingerprint density at radius 3 is 2.24 bits per heavy atom. The number of hydrogen-bond acceptors (Lipinski definition) is 4. The summed E-state index contributed by atoms with van der Waals surface area (Å²) < 4.78 is 0. The van der Waals surface area contributed by atoms with E-state index in [0.29, 0.717) is 16.9 Å². The fraction of sp³-hybridized carbons (Fsp3) is 0.214. The van der Waals surface area contributed by atoms with E-state index in [2.05, 4.69) is 16.0 Å². The van der Waals surface area contributed by atoms with Gasteiger partial charge in [-0.25, -0.2) is 4.79 Å². The van der Waals surface area contributed by atoms with Gasteiger partial charge in [-0.3, -0.25) is 19.3 Å². The number of rotatable bonds is 9. The molecule has 192 valence electrons. The molecule has 3 aromatic rings. The van der Waals surface area contributed by atoms with E-state index in [4.69, 9.17) is 5.11 Å². The molecule has 9 heteroatoms. The van der Waals surface area contributed by atoms with Crippen molar-refractivity contribution in [3.05, 3.63) is 89.5 Å². The molecule has 0 aliphatic heterocycles. The lowest BCUT2D eigenvalue weighted by Crippen LogP contribution is -2.31. The number of carbonyl (C=O) groups is 4. The lowest BCUT2D eigenvalue weighted by Gasteiger charge is -2.20. The van der Waals surface area contributed by atoms with Crippen LogP contribution in [0.1, 0.15) is 36.1 Å². The average Bonchev–Trinajstić information content (AvgIpc) is 2.84. The van der Waals surface area contributed by atoms with Gasteiger partial charge in [0, 0.05) is 31.0 Å². The number of aliphatic carboxylic acids is 1. The van der Waals surface area contributed by atoms with Gasteiger partial charge >= 0.3 is 12.0 Å². The van der Waals surface area contributed by atoms with E-state index in [1.807, 2.05) is 31.2 Å². The van der Waals surface area contributed by atoms with E-state index in [9.17, 15) is 19.2 Å². The van der Waals surface area contributed by atoms with E-state index >= 15 is 0 Å². The van der Waals surface area contributed by atoms with Crippen LogP contribution < -0.4 is 20.9 Å². The molecule has 0 fully saturated rings. The number of carboxylic acid groups (broad SMARTS) is 1. The number of urea groups is 1. The summed E-state index contributed by atoms with van der Waals surface area (Å²) in [5.74, 6) is -1.65. The first-order valence-electron chi connectivity index (χ1n) is 11.7. The maximum atomic E-state index is 12.6. The number of para-hydroxylation sites is 1. The first-order chi connectivity index (χ1) is 17.6. The summed E-state index contributed by atoms with van der Waals surface area (Å²) >= 11 is 0. The molecule has 0 radical (unpaired) electrons. The van der Waals surface area contributed by atoms with Gasteiger partial charge in [-0.15, -0.1) is 0 Å². The Hall–Kier alpha value is -4.66. The topological polar surface area (TPSA) is 128 Å². The number of nitrogens with one attached hydrogen (secondary N) is 3. The summed E-state index contributed by atoms with van der Waals surface area (Å²) in [4.78, 5) is 49.4. The van der Waals surface area contributed by atoms with Gasteiger partial charge in [-0.1, -0.05) is 42.5 Å². The molecule has 0 aliphatic rings. The van der Waals surface area contributed by atoms with Crippen molar-refractivity contribution in [3.8, 4) is 0 Å². The molecule has 0 spiro atoms. The fourth-order valence-electron chi connectivity index (χ4n) is 3.86. The van der Waals surface area contributed by atoms with Crippen LogP contribution in [0.4, 0.5) is 21.9 Å². The number of anilines is 3. The molecule has 1 unspecified atom stereocenters. The quantitative estimate of drug-likeness (QED) is 0.343. The second-order valence-corrected chi connectivity index (χ2v) is 8.67. The molecule has 0 saturated heterocycles. The lowest BCUT2D eigenvalue weighted by atomic mass is 10.0. The monoisotopic (exact) mass is 502 g/mol. The zero-order chi connectivity index (χ0) is 26.9. The molecular weight excluding hydrogens is 472 g/mol. The highest BCUT2D eigenvalue weighted by atomic mass is 16.4. The van der Waals surface area contributed by atoms with Crippen LogP contribution in [0.2, 0.25) is 0 Å². The minimum absolute atomic E-state index is 0.103. The van der Waals surface area contributed by atoms with Crippen LogP contribution in [-0.4, -0.2) is 36.0 Å². The number of carbonyl (C=O) groups excluding carboxylic acids is 3. The third-order valence-corrected chi connectivity index (χ3v) is 5.68. The Bertz CT molecular complexity index is 1270. The van der Waals surface area contributed by atoms with Gasteiger partial charge in [-0.2, -0.15) is 0 Å². The van der Waals surface area contributed by atoms with Gasteiger partial charge in [0.1, 0.15) is 0 Å². The summed E-state index contributed by atoms with van der Waals surface area (Å²) in [6.07, 6.45) is -0.174. The highest BCUT2D eigenvalue weighted by Gasteiger charge is 2.17. The van der Waals surface area contributed by atoms with E-state index in [1.54, 1.807) is 55.6 Å². The number of nitrogens with zero attached hydrogens (tertiary/aromatic N) is 1. The second kappa shape index (κ2) is 12.3. The molecule has 4 amide bonds. The highest BCUT2D eigenvalue weighted by Crippen LogP contribution is 2.22. The van der Waals surface area contributed by atoms with Gasteiger partial charge in [-0.05, 0) is 53.9 Å². The minimum atomic E-state index is -1.05. The van der Waals surface area contributed by atoms with Crippen LogP contribution in [0.3, 0.4) is 0 Å². The van der Waals surface area contributed by atoms with Gasteiger partial charge < -0.3 is 21.1 Å². The molecule has 0 saturated carbocycles. The van der Waals surface area contributed by atoms with Crippen molar-refractivity contribution in [2.75, 3.05) is 22.6 Å². The smallest absolute Gasteiger partial charge is 0.326 e. The number of carboxylic acids is 1. The maximum absolute atomic E-state index is 12.6. The third kappa shape index (κ3) is 7.93. The Labute approximate surface area is 215 Å². The van der Waals surface area contributed by atoms with Crippen LogP contribution in [-0.2, 0) is 20.8 Å². The number of benzene rings is 3. The van der Waals surface area contributed by atoms with Crippen LogP contribution in [0.15, 0.2) is 72.8 Å². The Morgan fingerprint density at radius 2 is 1.59 bits per heavy atom. The van der Waals surface area contributed by atoms with E-state index < -0.39 is 12.0 Å². The van der Waals surface area contributed by atoms with Crippen molar-refractivity contribution in [1.29, 1.82) is 0 Å². The van der Waals surface area contributed by atoms with Crippen LogP contribution >= 0.6 is 0 Å². The highest BCUT2D eigenvalue weighted by molar-refractivity contribution is 6.01. The average molecular weight is 503 g/mol. The summed E-state index contributed by atoms with van der Waals surface area (Å²) in [5.41, 5.74) is 4.21. The fourth-order valence-corrected chi connectivity index (χ4v) is 3.86. The third-order valence-electron chi connectivity index (χ3n) is 5.68. The molecule has 9 nitrogen and oxygen atoms in total. The Morgan fingerprint density at radius 1 is 0.892 bits per heavy atom. The Balaban J connectivity index is 1.59. The predicted molar refractivity (Wildman–Crippen MR) is 143 cm³/mol. The minimum Gasteiger partial charge on any atom is -0.481 e. The van der Waals surface area contributed by atoms with E-state index in [-0.39, 0.29) is 30.7 Å². The van der Waals surface area contributed by atoms with E-state index in [1.165, 1.54) is 11.8 Å². The van der Waals surface area contributed by atoms with Crippen molar-refractivity contribution >= 4 is 40.9 Å². The van der Waals surface area contributed by atoms with Crippen molar-refractivity contribution in [2.45, 2.75) is 32.7 Å². The first-order valence-corrected chi connectivity index (χ1v) is 11.7. The largest absolute Gasteiger partial charge is 0.481 e. The lowest BCUT2D eigenvalue weighted by molar-refractivity contribution is -0.137. The maximum Gasteiger partial charge on any atom is 0.326 e. The first kappa shape index (κ1) is 26.9. The number of amides is 4. The molecule has 1 atom stereocenters. The summed E-state index contributed by atoms with van der Waals surface area (Å²) in [6.45, 7) is 3.26. The molecule has 0 bridgehead atoms. The van der Waals surface area contributed by atoms with Gasteiger partial charge in [0.05, 0.1) is 18.9 Å². The van der Waals surface area contributed by atoms with Crippen molar-refractivity contribution in [2.24, 2.45) is 0 Å². The van der Waals surface area contributed by atoms with Gasteiger partial charge in [0.2, 0.25) is 11.8 Å². The molecule has 37 heavy (non-hydrogen) atoms. The Kier molecular flexibility index (Phi) is 8.99. The van der Waals surface area contributed by atoms with Gasteiger partial charge in [0.25, 0.3) is 0 Å². The molecule has 0 aromatic heterocycles. The normalized spacial score (nSPS) is 11.2. The molecule has 0 aliphatic carbocycles. The molecule has 4 N–H and O–H groups in total. The SMILES string of the molecule is CC(=O)NC(CC(=O)O)c1cccc(NC(=O)Cc2ccc(NC(=O)N(C)c3ccccc3C)cc2)c1. The van der Waals surface area contributed by atoms with Crippen LogP contribution in [0, 0.1) is 6.92 Å². The zero-order valence-electron chi connectivity index (χ0n) is 20.9. The summed E-state index contributed by atoms with van der Waals surface area (Å²) in [6, 6.07) is 20.3. The van der Waals surface area contributed by atoms with Crippen molar-refractivity contribution < 1.29 is 24.3 Å². The van der Waals surface area contributed by atoms with Crippen LogP contribution in [0.25, 0.3) is 0 Å². The number of hydrogen-bond donors (Lipinski definition) is 4. The van der Waals surface area contributed by atoms with Crippen LogP contribution in [0.5, 0.6) is 0 Å². The standard InChI is InChI=1S/C28H30N4O5/c1-18-7-4-5-10-25(18)32(3)28(37)31-22-13-11-20(12-14-22)15-26(34)30-23-9-6-8-21(16-23)24(17-27(35)36)29-19(2)33/h4-14,16,24H,15,17H2,1-3H3,(H,29,33)(H,30,34)(H,31,37)(H,35,36). The summed E-state index contributed by atoms with van der Waals surface area (Å²) in [5, 5.41) is 17.4. The number of aryl methyl sites for hydroxylation is 1. The molecular formula is C28H30N4O5. The second-order valence-electron chi connectivity index (χ2n) is 8.67. The van der Waals surface area contributed by atoms with Crippen molar-refractivity contribution in [1.82, 2.24) is 5.32 Å². The molecule has 0 heterocycles. The predicted octanol–water partition coefficient (Wildman–Crippen LogP) is 4.50. The molecule has 3 rings (SSSR count). The summed E-state index contributed by atoms with van der Waals surface area (Å²) in [7, 11) is 1.70. The zero-order valence-corrected chi connectivity index (χ0v) is 20.9. The van der Waals surface area contributed by atoms with E-state index in [0.717, 1.165) is 16.8 Å². The van der Waals surface area contributed by atoms with Crippen molar-refractivity contribution in [3.63, 3.8) is 0 Å². The van der Waals surface area contributed by atoms with Gasteiger partial charge in [0.15, 0.2) is 0 Å². The molecule has 3 aromatic carbocycles.